The van der Waals surface area contributed by atoms with Gasteiger partial charge >= 0.3 is 59.3 Å². The molecular formula is C29H47GdN4O16+2. The smallest absolute Gasteiger partial charge is 0.549 e. The Balaban J connectivity index is -0.00000130. The number of rotatable bonds is 26. The van der Waals surface area contributed by atoms with Crippen molar-refractivity contribution in [2.24, 2.45) is 0 Å². The maximum atomic E-state index is 11.8. The van der Waals surface area contributed by atoms with Crippen LogP contribution in [0.3, 0.4) is 0 Å². The van der Waals surface area contributed by atoms with E-state index in [1.807, 2.05) is 0 Å². The van der Waals surface area contributed by atoms with E-state index in [1.54, 1.807) is 37.4 Å². The quantitative estimate of drug-likeness (QED) is 0.0418. The molecular weight excluding hydrogens is 818 g/mol. The number of likely N-dealkylation sites (N-methyl/N-ethyl adjacent to an activating group) is 1. The van der Waals surface area contributed by atoms with E-state index in [0.29, 0.717) is 0 Å². The van der Waals surface area contributed by atoms with Gasteiger partial charge in [0.1, 0.15) is 24.4 Å². The number of aliphatic carboxylic acids is 5. The fourth-order valence-corrected chi connectivity index (χ4v) is 4.20. The van der Waals surface area contributed by atoms with E-state index in [1.165, 1.54) is 4.90 Å². The van der Waals surface area contributed by atoms with Crippen molar-refractivity contribution in [2.75, 3.05) is 79.2 Å². The molecule has 20 nitrogen and oxygen atoms in total. The monoisotopic (exact) mass is 865 g/mol. The van der Waals surface area contributed by atoms with E-state index in [9.17, 15) is 49.5 Å². The van der Waals surface area contributed by atoms with Crippen LogP contribution >= 0.6 is 0 Å². The minimum atomic E-state index is -1.55. The number of carbonyl (C=O) groups excluding carboxylic acids is 2. The fraction of sp³-hybridized carbons (Fsp3) is 0.621. The summed E-state index contributed by atoms with van der Waals surface area (Å²) in [5.41, 5.74) is 0.781. The van der Waals surface area contributed by atoms with Crippen molar-refractivity contribution < 1.29 is 121 Å². The van der Waals surface area contributed by atoms with Crippen LogP contribution < -0.4 is 15.5 Å². The Kier molecular flexibility index (Phi) is 27.9. The van der Waals surface area contributed by atoms with Crippen LogP contribution in [0, 0.1) is 39.9 Å². The molecule has 1 radical (unpaired) electrons. The van der Waals surface area contributed by atoms with Crippen LogP contribution in [0.1, 0.15) is 6.99 Å². The molecule has 0 saturated heterocycles. The summed E-state index contributed by atoms with van der Waals surface area (Å²) in [6.07, 6.45) is -5.65. The van der Waals surface area contributed by atoms with Crippen molar-refractivity contribution in [3.63, 3.8) is 0 Å². The number of carbonyl (C=O) groups is 5. The minimum absolute atomic E-state index is 0. The standard InChI is InChI=1S/C22H31N3O11.C7H17NO5.Gd/c26-18(27)10-23(6-7-24(11-19(28)29)12-20(30)31)8-9-25(13-21(32)33)17(22(34)35)15-36-14-16-4-2-1-3-5-16;1-8-2-4(10)6(12)7(13)5(11)3-9;/h1-5,17H,6-15H2,(H,26,27)(H,28,29)(H,30,31)(H,32,33)(H,34,35);4-13H,2-3H2,1H3;/q;;+3/p-1/t;4-,5+,6+,7+;/m.0./s1. The third-order valence-electron chi connectivity index (χ3n) is 6.69. The second-order valence-corrected chi connectivity index (χ2v) is 10.7. The number of hydrogen-bond donors (Lipinski definition) is 9. The Labute approximate surface area is 321 Å². The number of benzene rings is 1. The summed E-state index contributed by atoms with van der Waals surface area (Å²) in [6, 6.07) is 7.52. The van der Waals surface area contributed by atoms with Crippen LogP contribution in [0.5, 0.6) is 0 Å². The van der Waals surface area contributed by atoms with E-state index in [-0.39, 0.29) is 87.3 Å². The fourth-order valence-electron chi connectivity index (χ4n) is 4.20. The minimum Gasteiger partial charge on any atom is -0.549 e. The summed E-state index contributed by atoms with van der Waals surface area (Å²) in [6.45, 7) is -3.99. The van der Waals surface area contributed by atoms with Crippen molar-refractivity contribution in [1.82, 2.24) is 20.0 Å². The van der Waals surface area contributed by atoms with Gasteiger partial charge in [-0.05, 0) is 12.6 Å². The Bertz CT molecular complexity index is 1130. The Morgan fingerprint density at radius 2 is 1.28 bits per heavy atom. The van der Waals surface area contributed by atoms with Crippen LogP contribution in [0.4, 0.5) is 0 Å². The summed E-state index contributed by atoms with van der Waals surface area (Å²) in [5.74, 6) is -6.94. The van der Waals surface area contributed by atoms with Gasteiger partial charge in [-0.15, -0.1) is 0 Å². The molecule has 1 rings (SSSR count). The van der Waals surface area contributed by atoms with Crippen LogP contribution in [0.2, 0.25) is 0 Å². The average molecular weight is 865 g/mol. The number of aliphatic hydroxyl groups is 5. The SMILES string of the molecule is CNC[C@H](O)[C@@H](O)[C@H](O)[C@H](O)CO.O=C([O-])CN(CCN(CCN(CC(=O)[O-])C(COCc1ccccc1)C(=O)O)CC(=O)O)CC(=O)O.[Gd+3].[H+]. The Morgan fingerprint density at radius 1 is 0.780 bits per heavy atom. The van der Waals surface area contributed by atoms with Gasteiger partial charge in [-0.25, -0.2) is 0 Å². The van der Waals surface area contributed by atoms with E-state index in [4.69, 9.17) is 30.3 Å². The van der Waals surface area contributed by atoms with Crippen LogP contribution in [-0.4, -0.2) is 195 Å². The first kappa shape index (κ1) is 49.6. The normalized spacial score (nSPS) is 14.1. The summed E-state index contributed by atoms with van der Waals surface area (Å²) in [5, 5.41) is 97.3. The van der Waals surface area contributed by atoms with E-state index in [0.717, 1.165) is 15.4 Å². The van der Waals surface area contributed by atoms with Crippen molar-refractivity contribution in [3.05, 3.63) is 35.9 Å². The molecule has 9 N–H and O–H groups in total. The molecule has 0 saturated carbocycles. The second-order valence-electron chi connectivity index (χ2n) is 10.7. The number of hydrogen-bond acceptors (Lipinski definition) is 17. The topological polar surface area (TPSA) is 324 Å². The first-order valence-electron chi connectivity index (χ1n) is 14.9. The molecule has 0 bridgehead atoms. The predicted octanol–water partition coefficient (Wildman–Crippen LogP) is -7.01. The molecule has 285 valence electrons. The van der Waals surface area contributed by atoms with Crippen LogP contribution in [0.15, 0.2) is 30.3 Å². The molecule has 5 atom stereocenters. The first-order chi connectivity index (χ1) is 23.0. The zero-order valence-electron chi connectivity index (χ0n) is 28.3. The van der Waals surface area contributed by atoms with Crippen LogP contribution in [-0.2, 0) is 35.3 Å². The van der Waals surface area contributed by atoms with Crippen molar-refractivity contribution >= 4 is 29.8 Å². The molecule has 0 aliphatic rings. The molecule has 50 heavy (non-hydrogen) atoms. The van der Waals surface area contributed by atoms with Gasteiger partial charge in [-0.3, -0.25) is 29.1 Å². The Hall–Kier alpha value is -2.51. The summed E-state index contributed by atoms with van der Waals surface area (Å²) < 4.78 is 5.46. The number of aliphatic hydroxyl groups excluding tert-OH is 5. The molecule has 21 heteroatoms. The third kappa shape index (κ3) is 23.1. The van der Waals surface area contributed by atoms with Crippen LogP contribution in [0.25, 0.3) is 0 Å². The largest absolute Gasteiger partial charge is 3.00 e. The maximum Gasteiger partial charge on any atom is 3.00 e. The molecule has 1 aromatic carbocycles. The molecule has 1 aromatic rings. The maximum absolute atomic E-state index is 11.8. The van der Waals surface area contributed by atoms with Gasteiger partial charge in [-0.1, -0.05) is 30.3 Å². The van der Waals surface area contributed by atoms with E-state index < -0.39 is 93.1 Å². The first-order valence-corrected chi connectivity index (χ1v) is 14.9. The third-order valence-corrected chi connectivity index (χ3v) is 6.69. The number of carboxylic acids is 5. The average Bonchev–Trinajstić information content (AvgIpc) is 3.02. The van der Waals surface area contributed by atoms with Gasteiger partial charge in [0, 0.05) is 45.8 Å². The van der Waals surface area contributed by atoms with E-state index >= 15 is 0 Å². The number of carboxylic acid groups (broad SMARTS) is 5. The zero-order chi connectivity index (χ0) is 37.5. The number of nitrogens with zero attached hydrogens (tertiary/aromatic N) is 3. The van der Waals surface area contributed by atoms with Gasteiger partial charge in [0.15, 0.2) is 0 Å². The number of ether oxygens (including phenoxy) is 1. The molecule has 0 spiro atoms. The van der Waals surface area contributed by atoms with Gasteiger partial charge < -0.3 is 70.7 Å². The van der Waals surface area contributed by atoms with Gasteiger partial charge in [-0.2, -0.15) is 0 Å². The molecule has 0 heterocycles. The molecule has 0 fully saturated rings. The molecule has 0 aromatic heterocycles. The summed E-state index contributed by atoms with van der Waals surface area (Å²) in [7, 11) is 1.57. The Morgan fingerprint density at radius 3 is 1.76 bits per heavy atom. The van der Waals surface area contributed by atoms with Gasteiger partial charge in [0.25, 0.3) is 0 Å². The molecule has 0 aliphatic heterocycles. The predicted molar refractivity (Wildman–Crippen MR) is 163 cm³/mol. The van der Waals surface area contributed by atoms with E-state index in [2.05, 4.69) is 5.32 Å². The molecule has 1 unspecified atom stereocenters. The summed E-state index contributed by atoms with van der Waals surface area (Å²) in [4.78, 5) is 59.6. The summed E-state index contributed by atoms with van der Waals surface area (Å²) >= 11 is 0. The van der Waals surface area contributed by atoms with Crippen molar-refractivity contribution in [2.45, 2.75) is 37.1 Å². The number of nitrogens with one attached hydrogen (secondary N) is 1. The molecule has 0 amide bonds. The van der Waals surface area contributed by atoms with Gasteiger partial charge in [0.05, 0.1) is 51.0 Å². The second kappa shape index (κ2) is 28.1. The van der Waals surface area contributed by atoms with Gasteiger partial charge in [0.2, 0.25) is 0 Å². The van der Waals surface area contributed by atoms with Crippen molar-refractivity contribution in [3.8, 4) is 0 Å². The molecule has 0 aliphatic carbocycles. The zero-order valence-corrected chi connectivity index (χ0v) is 29.6. The van der Waals surface area contributed by atoms with Crippen molar-refractivity contribution in [1.29, 1.82) is 0 Å².